The monoisotopic (exact) mass is 324 g/mol. The quantitative estimate of drug-likeness (QED) is 0.427. The Labute approximate surface area is 146 Å². The zero-order chi connectivity index (χ0) is 16.8. The number of aryl methyl sites for hydroxylation is 1. The molecule has 0 fully saturated rings. The van der Waals surface area contributed by atoms with E-state index in [9.17, 15) is 0 Å². The van der Waals surface area contributed by atoms with Crippen LogP contribution in [0.15, 0.2) is 91.5 Å². The molecule has 25 heavy (non-hydrogen) atoms. The number of hydrogen-bond acceptors (Lipinski definition) is 0. The molecule has 5 rings (SSSR count). The highest BCUT2D eigenvalue weighted by Gasteiger charge is 2.14. The lowest BCUT2D eigenvalue weighted by molar-refractivity contribution is -0.670. The molecule has 5 aromatic rings. The van der Waals surface area contributed by atoms with Gasteiger partial charge in [-0.05, 0) is 36.4 Å². The van der Waals surface area contributed by atoms with Crippen molar-refractivity contribution in [2.45, 2.75) is 0 Å². The number of hydrogen-bond donors (Lipinski definition) is 0. The second-order valence-electron chi connectivity index (χ2n) is 6.38. The fraction of sp³-hybridized carbons (Fsp3) is 0.0455. The van der Waals surface area contributed by atoms with E-state index in [1.165, 1.54) is 33.2 Å². The Bertz CT molecular complexity index is 1200. The van der Waals surface area contributed by atoms with E-state index in [0.717, 1.165) is 0 Å². The summed E-state index contributed by atoms with van der Waals surface area (Å²) < 4.78 is 6.54. The molecule has 120 valence electrons. The number of benzene rings is 3. The fourth-order valence-corrected chi connectivity index (χ4v) is 3.58. The van der Waals surface area contributed by atoms with Crippen molar-refractivity contribution in [1.82, 2.24) is 9.13 Å². The van der Waals surface area contributed by atoms with E-state index in [1.807, 2.05) is 7.05 Å². The molecule has 2 aromatic heterocycles. The molecule has 0 spiro atoms. The van der Waals surface area contributed by atoms with Gasteiger partial charge in [0.1, 0.15) is 18.1 Å². The van der Waals surface area contributed by atoms with Crippen molar-refractivity contribution in [3.05, 3.63) is 91.5 Å². The normalized spacial score (nSPS) is 11.4. The highest BCUT2D eigenvalue weighted by atomic mass is 15.1. The third-order valence-electron chi connectivity index (χ3n) is 4.74. The standard InChI is InChI=1S/C22H18N3/c1-23-13-14-24(16-23)18-11-12-22-20(15-18)19-9-5-6-10-21(19)25(22)17-7-3-2-4-8-17/h2-16H,1H3/q+1. The number of para-hydroxylation sites is 2. The van der Waals surface area contributed by atoms with E-state index in [1.54, 1.807) is 0 Å². The van der Waals surface area contributed by atoms with E-state index in [2.05, 4.69) is 105 Å². The van der Waals surface area contributed by atoms with Gasteiger partial charge in [-0.15, -0.1) is 0 Å². The Morgan fingerprint density at radius 2 is 1.48 bits per heavy atom. The fourth-order valence-electron chi connectivity index (χ4n) is 3.58. The van der Waals surface area contributed by atoms with Crippen molar-refractivity contribution in [3.8, 4) is 11.4 Å². The van der Waals surface area contributed by atoms with Crippen molar-refractivity contribution in [3.63, 3.8) is 0 Å². The van der Waals surface area contributed by atoms with E-state index >= 15 is 0 Å². The summed E-state index contributed by atoms with van der Waals surface area (Å²) in [6, 6.07) is 25.8. The van der Waals surface area contributed by atoms with Crippen LogP contribution in [0.25, 0.3) is 33.2 Å². The molecular formula is C22H18N3+. The number of rotatable bonds is 2. The van der Waals surface area contributed by atoms with Gasteiger partial charge in [0.2, 0.25) is 6.33 Å². The predicted octanol–water partition coefficient (Wildman–Crippen LogP) is 4.40. The maximum atomic E-state index is 2.34. The van der Waals surface area contributed by atoms with Crippen molar-refractivity contribution >= 4 is 21.8 Å². The molecule has 0 unspecified atom stereocenters. The SMILES string of the molecule is C[n+]1ccn(-c2ccc3c(c2)c2ccccc2n3-c2ccccc2)c1. The highest BCUT2D eigenvalue weighted by molar-refractivity contribution is 6.09. The molecule has 0 radical (unpaired) electrons. The molecule has 3 aromatic carbocycles. The van der Waals surface area contributed by atoms with Crippen LogP contribution in [-0.2, 0) is 7.05 Å². The van der Waals surface area contributed by atoms with Gasteiger partial charge in [0.25, 0.3) is 0 Å². The lowest BCUT2D eigenvalue weighted by atomic mass is 10.1. The molecule has 0 N–H and O–H groups in total. The lowest BCUT2D eigenvalue weighted by Gasteiger charge is -2.07. The summed E-state index contributed by atoms with van der Waals surface area (Å²) in [6.07, 6.45) is 6.21. The van der Waals surface area contributed by atoms with Gasteiger partial charge >= 0.3 is 0 Å². The van der Waals surface area contributed by atoms with Crippen molar-refractivity contribution < 1.29 is 4.57 Å². The van der Waals surface area contributed by atoms with Crippen LogP contribution in [0.4, 0.5) is 0 Å². The average Bonchev–Trinajstić information content (AvgIpc) is 3.23. The van der Waals surface area contributed by atoms with Crippen LogP contribution in [0.3, 0.4) is 0 Å². The minimum absolute atomic E-state index is 1.17. The summed E-state index contributed by atoms with van der Waals surface area (Å²) >= 11 is 0. The van der Waals surface area contributed by atoms with Crippen LogP contribution in [0, 0.1) is 0 Å². The molecular weight excluding hydrogens is 306 g/mol. The maximum Gasteiger partial charge on any atom is 0.248 e. The minimum Gasteiger partial charge on any atom is -0.309 e. The third kappa shape index (κ3) is 2.17. The summed E-state index contributed by atoms with van der Waals surface area (Å²) in [4.78, 5) is 0. The first kappa shape index (κ1) is 14.1. The van der Waals surface area contributed by atoms with E-state index in [4.69, 9.17) is 0 Å². The number of imidazole rings is 1. The predicted molar refractivity (Wildman–Crippen MR) is 101 cm³/mol. The lowest BCUT2D eigenvalue weighted by Crippen LogP contribution is -2.23. The van der Waals surface area contributed by atoms with Gasteiger partial charge in [-0.2, -0.15) is 0 Å². The number of fused-ring (bicyclic) bond motifs is 3. The number of nitrogens with zero attached hydrogens (tertiary/aromatic N) is 3. The first-order chi connectivity index (χ1) is 12.3. The topological polar surface area (TPSA) is 13.7 Å². The van der Waals surface area contributed by atoms with Gasteiger partial charge in [0, 0.05) is 16.5 Å². The Kier molecular flexibility index (Phi) is 3.01. The first-order valence-electron chi connectivity index (χ1n) is 8.43. The van der Waals surface area contributed by atoms with Crippen LogP contribution >= 0.6 is 0 Å². The molecule has 0 aliphatic rings. The molecule has 3 nitrogen and oxygen atoms in total. The number of aromatic nitrogens is 3. The molecule has 2 heterocycles. The summed E-state index contributed by atoms with van der Waals surface area (Å²) in [5.41, 5.74) is 4.82. The van der Waals surface area contributed by atoms with Crippen LogP contribution in [0.1, 0.15) is 0 Å². The van der Waals surface area contributed by atoms with Gasteiger partial charge in [-0.25, -0.2) is 9.13 Å². The Morgan fingerprint density at radius 1 is 0.720 bits per heavy atom. The molecule has 0 bridgehead atoms. The summed E-state index contributed by atoms with van der Waals surface area (Å²) in [6.45, 7) is 0. The van der Waals surface area contributed by atoms with E-state index < -0.39 is 0 Å². The largest absolute Gasteiger partial charge is 0.309 e. The molecule has 0 aliphatic carbocycles. The van der Waals surface area contributed by atoms with Gasteiger partial charge in [-0.3, -0.25) is 0 Å². The first-order valence-corrected chi connectivity index (χ1v) is 8.43. The van der Waals surface area contributed by atoms with E-state index in [-0.39, 0.29) is 0 Å². The molecule has 0 aliphatic heterocycles. The zero-order valence-corrected chi connectivity index (χ0v) is 14.0. The second-order valence-corrected chi connectivity index (χ2v) is 6.38. The Morgan fingerprint density at radius 3 is 2.28 bits per heavy atom. The van der Waals surface area contributed by atoms with Crippen molar-refractivity contribution in [2.75, 3.05) is 0 Å². The molecule has 0 saturated carbocycles. The Hall–Kier alpha value is -3.33. The van der Waals surface area contributed by atoms with Gasteiger partial charge in [0.05, 0.1) is 18.1 Å². The van der Waals surface area contributed by atoms with Crippen LogP contribution < -0.4 is 4.57 Å². The van der Waals surface area contributed by atoms with E-state index in [0.29, 0.717) is 0 Å². The molecule has 0 atom stereocenters. The average molecular weight is 324 g/mol. The van der Waals surface area contributed by atoms with Crippen LogP contribution in [0.2, 0.25) is 0 Å². The van der Waals surface area contributed by atoms with Gasteiger partial charge < -0.3 is 4.57 Å². The summed E-state index contributed by atoms with van der Waals surface area (Å²) in [7, 11) is 2.04. The van der Waals surface area contributed by atoms with Crippen molar-refractivity contribution in [2.24, 2.45) is 7.05 Å². The second kappa shape index (κ2) is 5.35. The summed E-state index contributed by atoms with van der Waals surface area (Å²) in [5, 5.41) is 2.55. The molecule has 0 amide bonds. The highest BCUT2D eigenvalue weighted by Crippen LogP contribution is 2.33. The zero-order valence-electron chi connectivity index (χ0n) is 14.0. The maximum absolute atomic E-state index is 2.34. The summed E-state index contributed by atoms with van der Waals surface area (Å²) in [5.74, 6) is 0. The Balaban J connectivity index is 1.85. The third-order valence-corrected chi connectivity index (χ3v) is 4.74. The molecule has 0 saturated heterocycles. The van der Waals surface area contributed by atoms with Crippen LogP contribution in [-0.4, -0.2) is 9.13 Å². The minimum atomic E-state index is 1.17. The van der Waals surface area contributed by atoms with Crippen LogP contribution in [0.5, 0.6) is 0 Å². The van der Waals surface area contributed by atoms with Gasteiger partial charge in [0.15, 0.2) is 0 Å². The van der Waals surface area contributed by atoms with Crippen molar-refractivity contribution in [1.29, 1.82) is 0 Å². The molecule has 3 heteroatoms. The van der Waals surface area contributed by atoms with Gasteiger partial charge in [-0.1, -0.05) is 36.4 Å². The smallest absolute Gasteiger partial charge is 0.248 e.